The van der Waals surface area contributed by atoms with Crippen LogP contribution >= 0.6 is 0 Å². The van der Waals surface area contributed by atoms with E-state index in [4.69, 9.17) is 9.47 Å². The summed E-state index contributed by atoms with van der Waals surface area (Å²) in [7, 11) is -0.493. The van der Waals surface area contributed by atoms with Gasteiger partial charge in [-0.3, -0.25) is 4.79 Å². The molecule has 0 saturated carbocycles. The van der Waals surface area contributed by atoms with Gasteiger partial charge in [-0.2, -0.15) is 4.36 Å². The molecule has 1 saturated heterocycles. The van der Waals surface area contributed by atoms with E-state index < -0.39 is 10.7 Å². The van der Waals surface area contributed by atoms with E-state index in [1.807, 2.05) is 0 Å². The summed E-state index contributed by atoms with van der Waals surface area (Å²) in [6.45, 7) is 1.40. The number of rotatable bonds is 1. The molecule has 1 fully saturated rings. The molecule has 0 N–H and O–H groups in total. The van der Waals surface area contributed by atoms with Crippen molar-refractivity contribution in [3.05, 3.63) is 11.5 Å². The highest BCUT2D eigenvalue weighted by atomic mass is 32.2. The summed E-state index contributed by atoms with van der Waals surface area (Å²) in [6.07, 6.45) is 2.38. The van der Waals surface area contributed by atoms with Gasteiger partial charge in [0.05, 0.1) is 13.2 Å². The lowest BCUT2D eigenvalue weighted by Gasteiger charge is -2.22. The van der Waals surface area contributed by atoms with Gasteiger partial charge in [-0.1, -0.05) is 0 Å². The highest BCUT2D eigenvalue weighted by Crippen LogP contribution is 2.15. The number of amides is 1. The first-order valence-corrected chi connectivity index (χ1v) is 5.06. The minimum Gasteiger partial charge on any atom is -0.343 e. The van der Waals surface area contributed by atoms with Gasteiger partial charge in [0.1, 0.15) is 0 Å². The van der Waals surface area contributed by atoms with Gasteiger partial charge >= 0.3 is 0 Å². The number of ether oxygens (including phenoxy) is 2. The van der Waals surface area contributed by atoms with Gasteiger partial charge in [-0.05, 0) is 22.5 Å². The molecule has 1 atom stereocenters. The van der Waals surface area contributed by atoms with Crippen LogP contribution in [0, 0.1) is 0 Å². The molecule has 0 bridgehead atoms. The van der Waals surface area contributed by atoms with Crippen molar-refractivity contribution in [1.82, 2.24) is 0 Å². The van der Waals surface area contributed by atoms with Gasteiger partial charge in [0.15, 0.2) is 0 Å². The van der Waals surface area contributed by atoms with Gasteiger partial charge in [-0.25, -0.2) is 0 Å². The molecule has 2 heterocycles. The Hall–Kier alpha value is -0.520. The molecule has 2 rings (SSSR count). The van der Waals surface area contributed by atoms with Crippen LogP contribution in [-0.2, 0) is 25.0 Å². The summed E-state index contributed by atoms with van der Waals surface area (Å²) in [6, 6.07) is 0. The number of carbonyl (C=O) groups excluding carboxylic acids is 1. The summed E-state index contributed by atoms with van der Waals surface area (Å²) in [5.74, 6) is -0.184. The third-order valence-electron chi connectivity index (χ3n) is 1.54. The fourth-order valence-corrected chi connectivity index (χ4v) is 2.28. The molecule has 66 valence electrons. The van der Waals surface area contributed by atoms with Crippen molar-refractivity contribution >= 4 is 16.6 Å². The molecule has 12 heavy (non-hydrogen) atoms. The van der Waals surface area contributed by atoms with Crippen LogP contribution in [0.4, 0.5) is 0 Å². The molecule has 1 unspecified atom stereocenters. The van der Waals surface area contributed by atoms with Gasteiger partial charge in [0.2, 0.25) is 5.62 Å². The van der Waals surface area contributed by atoms with E-state index >= 15 is 0 Å². The normalized spacial score (nSPS) is 30.7. The van der Waals surface area contributed by atoms with E-state index in [0.717, 1.165) is 6.42 Å². The Morgan fingerprint density at radius 2 is 2.25 bits per heavy atom. The van der Waals surface area contributed by atoms with Gasteiger partial charge in [0, 0.05) is 6.08 Å². The second-order valence-corrected chi connectivity index (χ2v) is 4.00. The second-order valence-electron chi connectivity index (χ2n) is 2.46. The smallest absolute Gasteiger partial charge is 0.276 e. The van der Waals surface area contributed by atoms with Crippen molar-refractivity contribution in [3.63, 3.8) is 0 Å². The van der Waals surface area contributed by atoms with Crippen LogP contribution in [0.5, 0.6) is 0 Å². The standard InChI is InChI=1S/C7H9NO3S/c9-6-2-5-12(8-6)7-10-3-1-4-11-7/h2,5,7H,1,3-4H2. The quantitative estimate of drug-likeness (QED) is 0.602. The van der Waals surface area contributed by atoms with E-state index in [-0.39, 0.29) is 11.5 Å². The van der Waals surface area contributed by atoms with Crippen LogP contribution in [0.2, 0.25) is 0 Å². The lowest BCUT2D eigenvalue weighted by Crippen LogP contribution is -2.27. The van der Waals surface area contributed by atoms with Crippen molar-refractivity contribution in [3.8, 4) is 0 Å². The molecule has 0 aliphatic carbocycles. The molecule has 4 nitrogen and oxygen atoms in total. The predicted octanol–water partition coefficient (Wildman–Crippen LogP) is 0.563. The fraction of sp³-hybridized carbons (Fsp3) is 0.571. The van der Waals surface area contributed by atoms with Crippen molar-refractivity contribution in [2.45, 2.75) is 12.0 Å². The Morgan fingerprint density at radius 1 is 1.50 bits per heavy atom. The van der Waals surface area contributed by atoms with Crippen molar-refractivity contribution in [2.75, 3.05) is 13.2 Å². The molecule has 0 aromatic heterocycles. The number of hydrogen-bond acceptors (Lipinski definition) is 3. The molecule has 5 heteroatoms. The molecular weight excluding hydrogens is 178 g/mol. The number of carbonyl (C=O) groups is 1. The van der Waals surface area contributed by atoms with Gasteiger partial charge < -0.3 is 9.47 Å². The molecular formula is C7H9NO3S. The molecule has 2 aliphatic heterocycles. The molecule has 0 aromatic rings. The Bertz CT molecular complexity index is 255. The Kier molecular flexibility index (Phi) is 2.34. The average Bonchev–Trinajstić information content (AvgIpc) is 2.54. The third kappa shape index (κ3) is 1.63. The molecule has 1 amide bonds. The van der Waals surface area contributed by atoms with Crippen molar-refractivity contribution in [2.24, 2.45) is 4.36 Å². The minimum atomic E-state index is -0.493. The first kappa shape index (κ1) is 8.10. The Balaban J connectivity index is 2.04. The first-order chi connectivity index (χ1) is 5.86. The summed E-state index contributed by atoms with van der Waals surface area (Å²) in [4.78, 5) is 10.7. The summed E-state index contributed by atoms with van der Waals surface area (Å²) >= 11 is 0. The second kappa shape index (κ2) is 3.47. The van der Waals surface area contributed by atoms with Crippen LogP contribution in [-0.4, -0.2) is 24.7 Å². The maximum absolute atomic E-state index is 10.7. The van der Waals surface area contributed by atoms with E-state index in [9.17, 15) is 4.79 Å². The Morgan fingerprint density at radius 3 is 2.83 bits per heavy atom. The maximum Gasteiger partial charge on any atom is 0.276 e. The maximum atomic E-state index is 10.7. The largest absolute Gasteiger partial charge is 0.343 e. The zero-order chi connectivity index (χ0) is 8.39. The summed E-state index contributed by atoms with van der Waals surface area (Å²) in [5.41, 5.74) is -0.318. The van der Waals surface area contributed by atoms with E-state index in [0.29, 0.717) is 13.2 Å². The first-order valence-electron chi connectivity index (χ1n) is 3.75. The summed E-state index contributed by atoms with van der Waals surface area (Å²) in [5, 5.41) is 1.75. The van der Waals surface area contributed by atoms with Gasteiger partial charge in [-0.15, -0.1) is 0 Å². The van der Waals surface area contributed by atoms with E-state index in [1.165, 1.54) is 6.08 Å². The third-order valence-corrected chi connectivity index (χ3v) is 3.01. The zero-order valence-electron chi connectivity index (χ0n) is 6.43. The molecule has 0 radical (unpaired) electrons. The molecule has 0 aromatic carbocycles. The monoisotopic (exact) mass is 187 g/mol. The molecule has 0 spiro atoms. The minimum absolute atomic E-state index is 0.184. The predicted molar refractivity (Wildman–Crippen MR) is 44.2 cm³/mol. The van der Waals surface area contributed by atoms with Crippen LogP contribution in [0.3, 0.4) is 0 Å². The number of hydrogen-bond donors (Lipinski definition) is 0. The van der Waals surface area contributed by atoms with Crippen LogP contribution in [0.15, 0.2) is 15.8 Å². The van der Waals surface area contributed by atoms with Crippen molar-refractivity contribution in [1.29, 1.82) is 0 Å². The van der Waals surface area contributed by atoms with E-state index in [1.54, 1.807) is 5.41 Å². The highest BCUT2D eigenvalue weighted by Gasteiger charge is 2.20. The summed E-state index contributed by atoms with van der Waals surface area (Å²) < 4.78 is 14.4. The highest BCUT2D eigenvalue weighted by molar-refractivity contribution is 7.91. The van der Waals surface area contributed by atoms with E-state index in [2.05, 4.69) is 4.36 Å². The van der Waals surface area contributed by atoms with Crippen LogP contribution in [0.25, 0.3) is 0 Å². The lowest BCUT2D eigenvalue weighted by atomic mass is 10.5. The van der Waals surface area contributed by atoms with Gasteiger partial charge in [0.25, 0.3) is 5.91 Å². The zero-order valence-corrected chi connectivity index (χ0v) is 7.25. The fourth-order valence-electron chi connectivity index (χ4n) is 1.01. The van der Waals surface area contributed by atoms with Crippen LogP contribution < -0.4 is 0 Å². The topological polar surface area (TPSA) is 47.9 Å². The van der Waals surface area contributed by atoms with Crippen molar-refractivity contribution < 1.29 is 14.3 Å². The lowest BCUT2D eigenvalue weighted by molar-refractivity contribution is -0.124. The average molecular weight is 187 g/mol. The Labute approximate surface area is 72.6 Å². The van der Waals surface area contributed by atoms with Crippen LogP contribution in [0.1, 0.15) is 6.42 Å². The SMILES string of the molecule is O=C1C=CS(C2OCCCO2)=N1. The molecule has 2 aliphatic rings. The number of nitrogens with zero attached hydrogens (tertiary/aromatic N) is 1.